The van der Waals surface area contributed by atoms with E-state index in [-0.39, 0.29) is 46.2 Å². The zero-order chi connectivity index (χ0) is 23.4. The number of hydrogen-bond acceptors (Lipinski definition) is 5. The molecule has 1 atom stereocenters. The van der Waals surface area contributed by atoms with Crippen LogP contribution in [0.5, 0.6) is 0 Å². The van der Waals surface area contributed by atoms with Crippen LogP contribution in [-0.2, 0) is 15.7 Å². The van der Waals surface area contributed by atoms with E-state index in [1.165, 1.54) is 18.2 Å². The topological polar surface area (TPSA) is 89.2 Å². The van der Waals surface area contributed by atoms with Crippen molar-refractivity contribution in [3.63, 3.8) is 0 Å². The third kappa shape index (κ3) is 3.78. The van der Waals surface area contributed by atoms with Crippen LogP contribution in [0, 0.1) is 16.7 Å². The Hall–Kier alpha value is -3.18. The van der Waals surface area contributed by atoms with Crippen molar-refractivity contribution >= 4 is 17.4 Å². The zero-order valence-electron chi connectivity index (χ0n) is 17.1. The third-order valence-corrected chi connectivity index (χ3v) is 5.87. The van der Waals surface area contributed by atoms with Crippen LogP contribution in [0.3, 0.4) is 0 Å². The third-order valence-electron chi connectivity index (χ3n) is 5.54. The van der Waals surface area contributed by atoms with E-state index in [1.54, 1.807) is 0 Å². The molecule has 32 heavy (non-hydrogen) atoms. The number of ether oxygens (including phenoxy) is 1. The number of Topliss-reactive ketones (excluding diaryl/α,β-unsaturated/α-hetero) is 1. The number of nitrogens with zero attached hydrogens (tertiary/aromatic N) is 1. The summed E-state index contributed by atoms with van der Waals surface area (Å²) in [6.07, 6.45) is -3.93. The molecule has 1 aromatic heterocycles. The predicted octanol–water partition coefficient (Wildman–Crippen LogP) is 6.07. The van der Waals surface area contributed by atoms with Crippen molar-refractivity contribution in [2.75, 3.05) is 0 Å². The first-order valence-corrected chi connectivity index (χ1v) is 10.1. The van der Waals surface area contributed by atoms with Crippen LogP contribution in [0.15, 0.2) is 57.5 Å². The van der Waals surface area contributed by atoms with Gasteiger partial charge in [-0.05, 0) is 35.7 Å². The highest BCUT2D eigenvalue weighted by molar-refractivity contribution is 6.31. The molecule has 2 N–H and O–H groups in total. The number of halogens is 4. The Balaban J connectivity index is 1.80. The minimum Gasteiger partial charge on any atom is -0.460 e. The molecule has 166 valence electrons. The van der Waals surface area contributed by atoms with Gasteiger partial charge in [-0.1, -0.05) is 25.4 Å². The summed E-state index contributed by atoms with van der Waals surface area (Å²) in [5.74, 6) is -0.468. The van der Waals surface area contributed by atoms with Crippen molar-refractivity contribution in [1.29, 1.82) is 5.26 Å². The number of ketones is 1. The Morgan fingerprint density at radius 2 is 1.94 bits per heavy atom. The molecule has 0 radical (unpaired) electrons. The van der Waals surface area contributed by atoms with Crippen molar-refractivity contribution in [2.45, 2.75) is 38.8 Å². The summed E-state index contributed by atoms with van der Waals surface area (Å²) in [7, 11) is 0. The highest BCUT2D eigenvalue weighted by Gasteiger charge is 2.44. The van der Waals surface area contributed by atoms with E-state index < -0.39 is 22.7 Å². The molecule has 4 rings (SSSR count). The number of rotatable bonds is 2. The highest BCUT2D eigenvalue weighted by atomic mass is 35.5. The predicted molar refractivity (Wildman–Crippen MR) is 110 cm³/mol. The largest absolute Gasteiger partial charge is 0.460 e. The van der Waals surface area contributed by atoms with E-state index in [1.807, 2.05) is 19.9 Å². The van der Waals surface area contributed by atoms with E-state index >= 15 is 0 Å². The molecule has 9 heteroatoms. The van der Waals surface area contributed by atoms with E-state index in [2.05, 4.69) is 0 Å². The van der Waals surface area contributed by atoms with Gasteiger partial charge < -0.3 is 14.9 Å². The van der Waals surface area contributed by atoms with Gasteiger partial charge in [0.2, 0.25) is 5.88 Å². The highest BCUT2D eigenvalue weighted by Crippen LogP contribution is 2.48. The zero-order valence-corrected chi connectivity index (χ0v) is 17.9. The smallest absolute Gasteiger partial charge is 0.417 e. The van der Waals surface area contributed by atoms with Gasteiger partial charge in [-0.15, -0.1) is 0 Å². The molecule has 5 nitrogen and oxygen atoms in total. The molecule has 2 heterocycles. The van der Waals surface area contributed by atoms with E-state index in [9.17, 15) is 23.2 Å². The number of furan rings is 1. The Labute approximate surface area is 186 Å². The van der Waals surface area contributed by atoms with Gasteiger partial charge in [0.15, 0.2) is 5.78 Å². The summed E-state index contributed by atoms with van der Waals surface area (Å²) in [6.45, 7) is 3.85. The second kappa shape index (κ2) is 7.45. The van der Waals surface area contributed by atoms with E-state index in [0.29, 0.717) is 17.8 Å². The van der Waals surface area contributed by atoms with E-state index in [0.717, 1.165) is 12.1 Å². The van der Waals surface area contributed by atoms with Crippen molar-refractivity contribution < 1.29 is 27.1 Å². The summed E-state index contributed by atoms with van der Waals surface area (Å²) < 4.78 is 51.2. The maximum absolute atomic E-state index is 13.2. The molecular formula is C23H18ClF3N2O3. The minimum absolute atomic E-state index is 0.0183. The monoisotopic (exact) mass is 462 g/mol. The van der Waals surface area contributed by atoms with Gasteiger partial charge in [0.05, 0.1) is 16.5 Å². The average molecular weight is 463 g/mol. The summed E-state index contributed by atoms with van der Waals surface area (Å²) in [5.41, 5.74) is 5.11. The molecule has 0 saturated carbocycles. The molecule has 1 unspecified atom stereocenters. The van der Waals surface area contributed by atoms with Gasteiger partial charge in [-0.2, -0.15) is 18.4 Å². The first kappa shape index (κ1) is 22.0. The normalized spacial score (nSPS) is 20.7. The first-order valence-electron chi connectivity index (χ1n) is 9.72. The van der Waals surface area contributed by atoms with Crippen molar-refractivity contribution in [3.05, 3.63) is 69.5 Å². The number of benzene rings is 1. The number of nitriles is 1. The van der Waals surface area contributed by atoms with E-state index in [4.69, 9.17) is 26.5 Å². The fourth-order valence-corrected chi connectivity index (χ4v) is 4.35. The van der Waals surface area contributed by atoms with Crippen LogP contribution in [-0.4, -0.2) is 5.78 Å². The molecule has 0 spiro atoms. The second-order valence-electron chi connectivity index (χ2n) is 8.60. The van der Waals surface area contributed by atoms with Crippen LogP contribution in [0.2, 0.25) is 5.02 Å². The summed E-state index contributed by atoms with van der Waals surface area (Å²) >= 11 is 5.70. The van der Waals surface area contributed by atoms with Crippen LogP contribution in [0.4, 0.5) is 13.2 Å². The fraction of sp³-hybridized carbons (Fsp3) is 0.304. The Morgan fingerprint density at radius 3 is 2.59 bits per heavy atom. The SMILES string of the molecule is CC1(C)CC(=O)C2=C(C1)OC(N)=C(C#N)C2c1ccc(-c2ccc(Cl)c(C(F)(F)F)c2)o1. The average Bonchev–Trinajstić information content (AvgIpc) is 3.15. The van der Waals surface area contributed by atoms with Crippen LogP contribution >= 0.6 is 11.6 Å². The van der Waals surface area contributed by atoms with Crippen LogP contribution in [0.25, 0.3) is 11.3 Å². The lowest BCUT2D eigenvalue weighted by molar-refractivity contribution is -0.137. The molecule has 0 bridgehead atoms. The lowest BCUT2D eigenvalue weighted by Crippen LogP contribution is -2.33. The molecule has 2 aliphatic rings. The second-order valence-corrected chi connectivity index (χ2v) is 9.00. The Kier molecular flexibility index (Phi) is 5.13. The van der Waals surface area contributed by atoms with Crippen molar-refractivity contribution in [3.8, 4) is 17.4 Å². The molecule has 1 aromatic carbocycles. The summed E-state index contributed by atoms with van der Waals surface area (Å²) in [6, 6.07) is 8.42. The summed E-state index contributed by atoms with van der Waals surface area (Å²) in [4.78, 5) is 13.0. The fourth-order valence-electron chi connectivity index (χ4n) is 4.13. The number of allylic oxidation sites excluding steroid dienone is 3. The molecule has 1 aliphatic heterocycles. The Bertz CT molecular complexity index is 1230. The standard InChI is InChI=1S/C23H18ClF3N2O3/c1-22(2)8-15(30)20-18(9-22)32-21(29)12(10-28)19(20)17-6-5-16(31-17)11-3-4-14(24)13(7-11)23(25,26)27/h3-7,19H,8-9,29H2,1-2H3. The lowest BCUT2D eigenvalue weighted by Gasteiger charge is -2.36. The lowest BCUT2D eigenvalue weighted by atomic mass is 9.71. The minimum atomic E-state index is -4.63. The molecule has 1 aliphatic carbocycles. The number of carbonyl (C=O) groups is 1. The Morgan fingerprint density at radius 1 is 1.22 bits per heavy atom. The van der Waals surface area contributed by atoms with Gasteiger partial charge in [0.25, 0.3) is 0 Å². The van der Waals surface area contributed by atoms with Crippen molar-refractivity contribution in [1.82, 2.24) is 0 Å². The maximum Gasteiger partial charge on any atom is 0.417 e. The van der Waals surface area contributed by atoms with Gasteiger partial charge in [-0.25, -0.2) is 0 Å². The maximum atomic E-state index is 13.2. The summed E-state index contributed by atoms with van der Waals surface area (Å²) in [5, 5.41) is 9.24. The van der Waals surface area contributed by atoms with Crippen molar-refractivity contribution in [2.24, 2.45) is 11.1 Å². The van der Waals surface area contributed by atoms with Crippen LogP contribution < -0.4 is 5.73 Å². The molecule has 0 saturated heterocycles. The van der Waals surface area contributed by atoms with Crippen LogP contribution in [0.1, 0.15) is 43.9 Å². The molecule has 2 aromatic rings. The molecular weight excluding hydrogens is 445 g/mol. The quantitative estimate of drug-likeness (QED) is 0.585. The van der Waals surface area contributed by atoms with Gasteiger partial charge in [0, 0.05) is 24.0 Å². The van der Waals surface area contributed by atoms with Gasteiger partial charge >= 0.3 is 6.18 Å². The number of alkyl halides is 3. The number of hydrogen-bond donors (Lipinski definition) is 1. The van der Waals surface area contributed by atoms with Gasteiger partial charge in [0.1, 0.15) is 28.9 Å². The first-order chi connectivity index (χ1) is 14.9. The molecule has 0 amide bonds. The number of nitrogens with two attached hydrogens (primary N) is 1. The van der Waals surface area contributed by atoms with Gasteiger partial charge in [-0.3, -0.25) is 4.79 Å². The molecule has 0 fully saturated rings. The number of carbonyl (C=O) groups excluding carboxylic acids is 1.